The first-order valence-corrected chi connectivity index (χ1v) is 11.7. The number of sulfone groups is 1. The van der Waals surface area contributed by atoms with Crippen LogP contribution in [-0.4, -0.2) is 53.9 Å². The molecule has 1 fully saturated rings. The second kappa shape index (κ2) is 8.82. The van der Waals surface area contributed by atoms with Gasteiger partial charge < -0.3 is 19.5 Å². The van der Waals surface area contributed by atoms with Crippen molar-refractivity contribution in [2.45, 2.75) is 48.9 Å². The SMILES string of the molecule is CC(C)(C)OC(=O)N1CCC(C(=O)O)(S(=O)(=O)c2ccc(Oc3ccccc3)cc2)CC1. The predicted octanol–water partition coefficient (Wildman–Crippen LogP) is 4.11. The number of nitrogens with zero attached hydrogens (tertiary/aromatic N) is 1. The third-order valence-electron chi connectivity index (χ3n) is 5.24. The van der Waals surface area contributed by atoms with Crippen molar-refractivity contribution in [3.05, 3.63) is 54.6 Å². The predicted molar refractivity (Wildman–Crippen MR) is 118 cm³/mol. The molecule has 1 saturated heterocycles. The number of carbonyl (C=O) groups is 2. The van der Waals surface area contributed by atoms with E-state index in [4.69, 9.17) is 9.47 Å². The van der Waals surface area contributed by atoms with Gasteiger partial charge in [-0.1, -0.05) is 18.2 Å². The minimum Gasteiger partial charge on any atom is -0.480 e. The van der Waals surface area contributed by atoms with Gasteiger partial charge in [-0.25, -0.2) is 13.2 Å². The van der Waals surface area contributed by atoms with Crippen LogP contribution in [0.15, 0.2) is 59.5 Å². The number of hydrogen-bond donors (Lipinski definition) is 1. The Kier molecular flexibility index (Phi) is 6.50. The Morgan fingerprint density at radius 3 is 1.97 bits per heavy atom. The highest BCUT2D eigenvalue weighted by atomic mass is 32.2. The van der Waals surface area contributed by atoms with E-state index >= 15 is 0 Å². The molecule has 32 heavy (non-hydrogen) atoms. The Morgan fingerprint density at radius 2 is 1.47 bits per heavy atom. The molecule has 0 aromatic heterocycles. The fourth-order valence-corrected chi connectivity index (χ4v) is 5.41. The zero-order valence-electron chi connectivity index (χ0n) is 18.3. The van der Waals surface area contributed by atoms with E-state index in [1.807, 2.05) is 18.2 Å². The number of carboxylic acids is 1. The molecular weight excluding hydrogens is 434 g/mol. The van der Waals surface area contributed by atoms with Gasteiger partial charge in [0, 0.05) is 13.1 Å². The summed E-state index contributed by atoms with van der Waals surface area (Å²) >= 11 is 0. The molecule has 0 radical (unpaired) electrons. The summed E-state index contributed by atoms with van der Waals surface area (Å²) in [6.45, 7) is 5.12. The van der Waals surface area contributed by atoms with Crippen LogP contribution in [0.25, 0.3) is 0 Å². The van der Waals surface area contributed by atoms with Crippen molar-refractivity contribution in [1.82, 2.24) is 4.90 Å². The van der Waals surface area contributed by atoms with Crippen molar-refractivity contribution < 1.29 is 32.6 Å². The molecule has 1 aliphatic rings. The normalized spacial score (nSPS) is 16.3. The van der Waals surface area contributed by atoms with Gasteiger partial charge in [-0.15, -0.1) is 0 Å². The van der Waals surface area contributed by atoms with Gasteiger partial charge in [0.05, 0.1) is 4.90 Å². The first-order chi connectivity index (χ1) is 14.9. The van der Waals surface area contributed by atoms with Crippen LogP contribution < -0.4 is 4.74 Å². The first-order valence-electron chi connectivity index (χ1n) is 10.2. The third kappa shape index (κ3) is 4.88. The minimum atomic E-state index is -4.23. The molecule has 0 spiro atoms. The standard InChI is InChI=1S/C23H27NO7S/c1-22(2,3)31-21(27)24-15-13-23(14-16-24,20(25)26)32(28,29)19-11-9-18(10-12-19)30-17-7-5-4-6-8-17/h4-12H,13-16H2,1-3H3,(H,25,26). The molecule has 1 amide bonds. The minimum absolute atomic E-state index is 0.0321. The summed E-state index contributed by atoms with van der Waals surface area (Å²) in [5, 5.41) is 9.91. The molecule has 0 atom stereocenters. The number of hydrogen-bond acceptors (Lipinski definition) is 6. The maximum absolute atomic E-state index is 13.4. The van der Waals surface area contributed by atoms with Crippen molar-refractivity contribution in [3.63, 3.8) is 0 Å². The summed E-state index contributed by atoms with van der Waals surface area (Å²) in [7, 11) is -4.23. The van der Waals surface area contributed by atoms with Gasteiger partial charge in [-0.2, -0.15) is 0 Å². The van der Waals surface area contributed by atoms with E-state index in [0.717, 1.165) is 0 Å². The van der Waals surface area contributed by atoms with E-state index in [-0.39, 0.29) is 30.8 Å². The van der Waals surface area contributed by atoms with Crippen molar-refractivity contribution in [3.8, 4) is 11.5 Å². The van der Waals surface area contributed by atoms with Gasteiger partial charge in [-0.05, 0) is 70.0 Å². The number of amides is 1. The quantitative estimate of drug-likeness (QED) is 0.713. The highest BCUT2D eigenvalue weighted by Crippen LogP contribution is 2.37. The summed E-state index contributed by atoms with van der Waals surface area (Å²) in [6.07, 6.45) is -1.05. The van der Waals surface area contributed by atoms with Gasteiger partial charge in [-0.3, -0.25) is 4.79 Å². The molecule has 1 aliphatic heterocycles. The molecule has 1 N–H and O–H groups in total. The smallest absolute Gasteiger partial charge is 0.410 e. The second-order valence-corrected chi connectivity index (χ2v) is 10.9. The Balaban J connectivity index is 1.79. The summed E-state index contributed by atoms with van der Waals surface area (Å²) in [5.74, 6) is -0.398. The number of carboxylic acid groups (broad SMARTS) is 1. The average molecular weight is 462 g/mol. The fourth-order valence-electron chi connectivity index (χ4n) is 3.51. The fraction of sp³-hybridized carbons (Fsp3) is 0.391. The lowest BCUT2D eigenvalue weighted by molar-refractivity contribution is -0.141. The largest absolute Gasteiger partial charge is 0.480 e. The molecule has 2 aromatic rings. The van der Waals surface area contributed by atoms with E-state index in [9.17, 15) is 23.1 Å². The third-order valence-corrected chi connectivity index (χ3v) is 7.74. The average Bonchev–Trinajstić information content (AvgIpc) is 2.73. The molecule has 1 heterocycles. The van der Waals surface area contributed by atoms with Crippen molar-refractivity contribution in [1.29, 1.82) is 0 Å². The highest BCUT2D eigenvalue weighted by molar-refractivity contribution is 7.93. The first kappa shape index (κ1) is 23.6. The van der Waals surface area contributed by atoms with Crippen LogP contribution >= 0.6 is 0 Å². The monoisotopic (exact) mass is 461 g/mol. The number of piperidine rings is 1. The van der Waals surface area contributed by atoms with Gasteiger partial charge in [0.25, 0.3) is 0 Å². The van der Waals surface area contributed by atoms with Crippen LogP contribution in [-0.2, 0) is 19.4 Å². The summed E-state index contributed by atoms with van der Waals surface area (Å²) in [6, 6.07) is 14.7. The zero-order chi connectivity index (χ0) is 23.6. The number of carbonyl (C=O) groups excluding carboxylic acids is 1. The van der Waals surface area contributed by atoms with E-state index in [1.54, 1.807) is 32.9 Å². The van der Waals surface area contributed by atoms with Gasteiger partial charge >= 0.3 is 12.1 Å². The number of aliphatic carboxylic acids is 1. The zero-order valence-corrected chi connectivity index (χ0v) is 19.1. The maximum atomic E-state index is 13.4. The molecule has 0 bridgehead atoms. The van der Waals surface area contributed by atoms with E-state index < -0.39 is 32.2 Å². The van der Waals surface area contributed by atoms with E-state index in [2.05, 4.69) is 0 Å². The van der Waals surface area contributed by atoms with Crippen molar-refractivity contribution >= 4 is 21.9 Å². The van der Waals surface area contributed by atoms with Crippen LogP contribution in [0.1, 0.15) is 33.6 Å². The summed E-state index contributed by atoms with van der Waals surface area (Å²) < 4.78 is 35.7. The molecule has 3 rings (SSSR count). The van der Waals surface area contributed by atoms with Crippen molar-refractivity contribution in [2.24, 2.45) is 0 Å². The molecule has 0 unspecified atom stereocenters. The molecule has 9 heteroatoms. The van der Waals surface area contributed by atoms with Gasteiger partial charge in [0.2, 0.25) is 0 Å². The molecule has 172 valence electrons. The van der Waals surface area contributed by atoms with Crippen LogP contribution in [0, 0.1) is 0 Å². The summed E-state index contributed by atoms with van der Waals surface area (Å²) in [4.78, 5) is 25.7. The number of ether oxygens (including phenoxy) is 2. The van der Waals surface area contributed by atoms with Gasteiger partial charge in [0.15, 0.2) is 14.6 Å². The number of rotatable bonds is 5. The second-order valence-electron chi connectivity index (χ2n) is 8.66. The molecule has 2 aromatic carbocycles. The van der Waals surface area contributed by atoms with Crippen LogP contribution in [0.3, 0.4) is 0 Å². The Morgan fingerprint density at radius 1 is 0.938 bits per heavy atom. The highest BCUT2D eigenvalue weighted by Gasteiger charge is 2.54. The number of para-hydroxylation sites is 1. The lowest BCUT2D eigenvalue weighted by Gasteiger charge is -2.38. The molecule has 0 aliphatic carbocycles. The van der Waals surface area contributed by atoms with Crippen LogP contribution in [0.5, 0.6) is 11.5 Å². The van der Waals surface area contributed by atoms with E-state index in [1.165, 1.54) is 29.2 Å². The van der Waals surface area contributed by atoms with Crippen LogP contribution in [0.4, 0.5) is 4.79 Å². The number of benzene rings is 2. The number of likely N-dealkylation sites (tertiary alicyclic amines) is 1. The Labute approximate surface area is 187 Å². The summed E-state index contributed by atoms with van der Waals surface area (Å²) in [5.41, 5.74) is -0.700. The molecule has 0 saturated carbocycles. The van der Waals surface area contributed by atoms with Gasteiger partial charge in [0.1, 0.15) is 17.1 Å². The van der Waals surface area contributed by atoms with Crippen molar-refractivity contribution in [2.75, 3.05) is 13.1 Å². The molecule has 8 nitrogen and oxygen atoms in total. The van der Waals surface area contributed by atoms with E-state index in [0.29, 0.717) is 11.5 Å². The Hall–Kier alpha value is -3.07. The van der Waals surface area contributed by atoms with Crippen LogP contribution in [0.2, 0.25) is 0 Å². The Bertz CT molecular complexity index is 1070. The lowest BCUT2D eigenvalue weighted by atomic mass is 9.96. The maximum Gasteiger partial charge on any atom is 0.410 e. The lowest BCUT2D eigenvalue weighted by Crippen LogP contribution is -2.55. The topological polar surface area (TPSA) is 110 Å². The molecular formula is C23H27NO7S.